The van der Waals surface area contributed by atoms with Gasteiger partial charge in [0.25, 0.3) is 0 Å². The highest BCUT2D eigenvalue weighted by atomic mass is 19.1. The van der Waals surface area contributed by atoms with E-state index in [0.29, 0.717) is 37.8 Å². The molecule has 0 saturated carbocycles. The largest absolute Gasteiger partial charge is 0.462 e. The van der Waals surface area contributed by atoms with Crippen LogP contribution >= 0.6 is 0 Å². The number of piperidine rings is 1. The molecule has 0 radical (unpaired) electrons. The first-order valence-corrected chi connectivity index (χ1v) is 10.5. The first kappa shape index (κ1) is 22.8. The molecule has 0 unspecified atom stereocenters. The quantitative estimate of drug-likeness (QED) is 0.564. The van der Waals surface area contributed by atoms with E-state index in [2.05, 4.69) is 4.98 Å². The molecular formula is C23H23F2N3O5. The second kappa shape index (κ2) is 8.87. The molecule has 10 heteroatoms. The lowest BCUT2D eigenvalue weighted by Gasteiger charge is -2.37. The standard InChI is InChI=1S/C23H23F2N3O5/c1-2-33-22(31)16-12-28(18-5-3-14(24)11-17(18)25)21-15(20(16)30)4-6-19(26-21)27-9-7-23(32,13-29)8-10-27/h3-6,11-12,29,32H,2,7-10,13H2,1H3. The molecule has 3 heterocycles. The maximum Gasteiger partial charge on any atom is 0.343 e. The van der Waals surface area contributed by atoms with Crippen molar-refractivity contribution in [3.8, 4) is 5.69 Å². The Bertz CT molecular complexity index is 1270. The average Bonchev–Trinajstić information content (AvgIpc) is 2.80. The van der Waals surface area contributed by atoms with Crippen molar-refractivity contribution in [1.82, 2.24) is 9.55 Å². The molecule has 1 aliphatic heterocycles. The van der Waals surface area contributed by atoms with Crippen LogP contribution in [0.5, 0.6) is 0 Å². The molecule has 1 aliphatic rings. The van der Waals surface area contributed by atoms with Gasteiger partial charge in [-0.1, -0.05) is 0 Å². The van der Waals surface area contributed by atoms with Crippen LogP contribution in [0.4, 0.5) is 14.6 Å². The van der Waals surface area contributed by atoms with Crippen LogP contribution in [-0.4, -0.2) is 57.6 Å². The van der Waals surface area contributed by atoms with Crippen LogP contribution < -0.4 is 10.3 Å². The number of esters is 1. The number of hydrogen-bond acceptors (Lipinski definition) is 7. The molecule has 33 heavy (non-hydrogen) atoms. The monoisotopic (exact) mass is 459 g/mol. The van der Waals surface area contributed by atoms with Crippen molar-refractivity contribution in [1.29, 1.82) is 0 Å². The van der Waals surface area contributed by atoms with Crippen molar-refractivity contribution in [3.05, 3.63) is 63.9 Å². The van der Waals surface area contributed by atoms with Crippen LogP contribution in [0, 0.1) is 11.6 Å². The van der Waals surface area contributed by atoms with Crippen LogP contribution in [-0.2, 0) is 4.74 Å². The molecule has 4 rings (SSSR count). The fraction of sp³-hybridized carbons (Fsp3) is 0.348. The number of aromatic nitrogens is 2. The number of rotatable bonds is 5. The predicted octanol–water partition coefficient (Wildman–Crippen LogP) is 2.16. The topological polar surface area (TPSA) is 105 Å². The summed E-state index contributed by atoms with van der Waals surface area (Å²) in [6.45, 7) is 2.12. The van der Waals surface area contributed by atoms with E-state index in [1.165, 1.54) is 16.7 Å². The van der Waals surface area contributed by atoms with Gasteiger partial charge in [-0.3, -0.25) is 9.36 Å². The van der Waals surface area contributed by atoms with Crippen LogP contribution in [0.3, 0.4) is 0 Å². The smallest absolute Gasteiger partial charge is 0.343 e. The van der Waals surface area contributed by atoms with Gasteiger partial charge >= 0.3 is 5.97 Å². The summed E-state index contributed by atoms with van der Waals surface area (Å²) in [4.78, 5) is 31.8. The third kappa shape index (κ3) is 4.31. The lowest BCUT2D eigenvalue weighted by atomic mass is 9.92. The van der Waals surface area contributed by atoms with Gasteiger partial charge in [0.05, 0.1) is 29.9 Å². The summed E-state index contributed by atoms with van der Waals surface area (Å²) >= 11 is 0. The molecule has 1 saturated heterocycles. The molecule has 2 N–H and O–H groups in total. The van der Waals surface area contributed by atoms with Gasteiger partial charge < -0.3 is 19.8 Å². The Morgan fingerprint density at radius 1 is 1.21 bits per heavy atom. The number of halogens is 2. The first-order chi connectivity index (χ1) is 15.8. The van der Waals surface area contributed by atoms with Gasteiger partial charge in [0.15, 0.2) is 5.65 Å². The molecule has 174 valence electrons. The van der Waals surface area contributed by atoms with E-state index >= 15 is 0 Å². The van der Waals surface area contributed by atoms with E-state index in [1.807, 2.05) is 4.90 Å². The number of benzene rings is 1. The molecular weight excluding hydrogens is 436 g/mol. The van der Waals surface area contributed by atoms with E-state index < -0.39 is 28.6 Å². The second-order valence-corrected chi connectivity index (χ2v) is 7.97. The number of hydrogen-bond donors (Lipinski definition) is 2. The number of nitrogens with zero attached hydrogens (tertiary/aromatic N) is 3. The minimum absolute atomic E-state index is 0.0492. The third-order valence-electron chi connectivity index (χ3n) is 5.81. The maximum absolute atomic E-state index is 14.7. The maximum atomic E-state index is 14.7. The number of aliphatic hydroxyl groups excluding tert-OH is 1. The summed E-state index contributed by atoms with van der Waals surface area (Å²) in [5.41, 5.74) is -2.08. The average molecular weight is 459 g/mol. The molecule has 0 spiro atoms. The van der Waals surface area contributed by atoms with Crippen LogP contribution in [0.15, 0.2) is 41.3 Å². The first-order valence-electron chi connectivity index (χ1n) is 10.5. The molecule has 0 amide bonds. The van der Waals surface area contributed by atoms with Crippen molar-refractivity contribution in [2.45, 2.75) is 25.4 Å². The summed E-state index contributed by atoms with van der Waals surface area (Å²) in [6, 6.07) is 6.06. The van der Waals surface area contributed by atoms with Crippen LogP contribution in [0.25, 0.3) is 16.7 Å². The van der Waals surface area contributed by atoms with E-state index in [0.717, 1.165) is 12.3 Å². The minimum atomic E-state index is -1.15. The van der Waals surface area contributed by atoms with Crippen molar-refractivity contribution in [2.75, 3.05) is 31.2 Å². The van der Waals surface area contributed by atoms with Gasteiger partial charge in [-0.05, 0) is 44.0 Å². The number of carbonyl (C=O) groups is 1. The highest BCUT2D eigenvalue weighted by Crippen LogP contribution is 2.27. The lowest BCUT2D eigenvalue weighted by molar-refractivity contribution is -0.0326. The Balaban J connectivity index is 1.88. The molecule has 3 aromatic rings. The number of carbonyl (C=O) groups excluding carboxylic acids is 1. The number of pyridine rings is 2. The van der Waals surface area contributed by atoms with Crippen molar-refractivity contribution < 1.29 is 28.5 Å². The Labute approximate surface area is 187 Å². The summed E-state index contributed by atoms with van der Waals surface area (Å²) in [5, 5.41) is 19.7. The normalized spacial score (nSPS) is 15.6. The van der Waals surface area contributed by atoms with E-state index in [4.69, 9.17) is 4.74 Å². The fourth-order valence-corrected chi connectivity index (χ4v) is 3.89. The SMILES string of the molecule is CCOC(=O)c1cn(-c2ccc(F)cc2F)c2nc(N3CCC(O)(CO)CC3)ccc2c1=O. The second-order valence-electron chi connectivity index (χ2n) is 7.97. The zero-order chi connectivity index (χ0) is 23.8. The van der Waals surface area contributed by atoms with E-state index in [1.54, 1.807) is 13.0 Å². The minimum Gasteiger partial charge on any atom is -0.462 e. The number of anilines is 1. The highest BCUT2D eigenvalue weighted by molar-refractivity contribution is 5.93. The van der Waals surface area contributed by atoms with Crippen molar-refractivity contribution in [3.63, 3.8) is 0 Å². The molecule has 0 atom stereocenters. The molecule has 1 fully saturated rings. The number of fused-ring (bicyclic) bond motifs is 1. The van der Waals surface area contributed by atoms with E-state index in [-0.39, 0.29) is 35.5 Å². The van der Waals surface area contributed by atoms with Crippen molar-refractivity contribution in [2.24, 2.45) is 0 Å². The van der Waals surface area contributed by atoms with Gasteiger partial charge in [-0.25, -0.2) is 18.6 Å². The fourth-order valence-electron chi connectivity index (χ4n) is 3.89. The summed E-state index contributed by atoms with van der Waals surface area (Å²) < 4.78 is 34.4. The Hall–Kier alpha value is -3.37. The predicted molar refractivity (Wildman–Crippen MR) is 117 cm³/mol. The van der Waals surface area contributed by atoms with Crippen molar-refractivity contribution >= 4 is 22.8 Å². The zero-order valence-corrected chi connectivity index (χ0v) is 17.9. The summed E-state index contributed by atoms with van der Waals surface area (Å²) in [5.74, 6) is -2.05. The zero-order valence-electron chi connectivity index (χ0n) is 17.9. The van der Waals surface area contributed by atoms with Gasteiger partial charge in [0.1, 0.15) is 23.0 Å². The molecule has 1 aromatic carbocycles. The van der Waals surface area contributed by atoms with Gasteiger partial charge in [0, 0.05) is 25.4 Å². The molecule has 2 aromatic heterocycles. The van der Waals surface area contributed by atoms with Gasteiger partial charge in [-0.15, -0.1) is 0 Å². The number of ether oxygens (including phenoxy) is 1. The van der Waals surface area contributed by atoms with Gasteiger partial charge in [0.2, 0.25) is 5.43 Å². The highest BCUT2D eigenvalue weighted by Gasteiger charge is 2.32. The molecule has 8 nitrogen and oxygen atoms in total. The van der Waals surface area contributed by atoms with E-state index in [9.17, 15) is 28.6 Å². The summed E-state index contributed by atoms with van der Waals surface area (Å²) in [6.07, 6.45) is 1.80. The molecule has 0 aliphatic carbocycles. The number of aliphatic hydroxyl groups is 2. The van der Waals surface area contributed by atoms with Crippen LogP contribution in [0.2, 0.25) is 0 Å². The Morgan fingerprint density at radius 2 is 1.94 bits per heavy atom. The van der Waals surface area contributed by atoms with Gasteiger partial charge in [-0.2, -0.15) is 0 Å². The third-order valence-corrected chi connectivity index (χ3v) is 5.81. The van der Waals surface area contributed by atoms with Crippen LogP contribution in [0.1, 0.15) is 30.1 Å². The Kier molecular flexibility index (Phi) is 6.13. The summed E-state index contributed by atoms with van der Waals surface area (Å²) in [7, 11) is 0. The lowest BCUT2D eigenvalue weighted by Crippen LogP contribution is -2.46. The Morgan fingerprint density at radius 3 is 2.58 bits per heavy atom. The molecule has 0 bridgehead atoms.